The van der Waals surface area contributed by atoms with Gasteiger partial charge in [0.1, 0.15) is 5.82 Å². The zero-order valence-electron chi connectivity index (χ0n) is 9.69. The second-order valence-electron chi connectivity index (χ2n) is 3.82. The Bertz CT molecular complexity index is 376. The van der Waals surface area contributed by atoms with Crippen LogP contribution in [0.5, 0.6) is 0 Å². The fourth-order valence-corrected chi connectivity index (χ4v) is 1.67. The molecule has 1 aromatic rings. The highest BCUT2D eigenvalue weighted by atomic mass is 35.5. The van der Waals surface area contributed by atoms with Gasteiger partial charge in [-0.15, -0.1) is 0 Å². The lowest BCUT2D eigenvalue weighted by molar-refractivity contribution is 0.570. The van der Waals surface area contributed by atoms with E-state index in [0.717, 1.165) is 24.0 Å². The zero-order chi connectivity index (χ0) is 12.1. The molecule has 1 nitrogen and oxygen atoms in total. The maximum Gasteiger partial charge on any atom is 0.142 e. The Morgan fingerprint density at radius 3 is 2.75 bits per heavy atom. The third-order valence-corrected chi connectivity index (χ3v) is 2.99. The van der Waals surface area contributed by atoms with E-state index in [4.69, 9.17) is 11.6 Å². The molecule has 1 aromatic carbocycles. The van der Waals surface area contributed by atoms with Crippen molar-refractivity contribution in [2.24, 2.45) is 0 Å². The number of rotatable bonds is 5. The SMILES string of the molecule is C=C(CC)CC(NC)c1ccc(Cl)c(F)c1. The van der Waals surface area contributed by atoms with Crippen molar-refractivity contribution in [1.82, 2.24) is 5.32 Å². The fourth-order valence-electron chi connectivity index (χ4n) is 1.55. The molecule has 0 heterocycles. The van der Waals surface area contributed by atoms with E-state index in [9.17, 15) is 4.39 Å². The maximum absolute atomic E-state index is 13.3. The van der Waals surface area contributed by atoms with E-state index in [0.29, 0.717) is 0 Å². The van der Waals surface area contributed by atoms with E-state index in [1.54, 1.807) is 6.07 Å². The molecule has 1 unspecified atom stereocenters. The van der Waals surface area contributed by atoms with E-state index < -0.39 is 0 Å². The first-order valence-corrected chi connectivity index (χ1v) is 5.75. The molecule has 0 bridgehead atoms. The Kier molecular flexibility index (Phi) is 4.97. The molecule has 0 saturated carbocycles. The van der Waals surface area contributed by atoms with Crippen LogP contribution in [0.2, 0.25) is 5.02 Å². The average Bonchev–Trinajstić information content (AvgIpc) is 2.29. The molecule has 0 fully saturated rings. The first-order chi connectivity index (χ1) is 7.58. The highest BCUT2D eigenvalue weighted by Crippen LogP contribution is 2.24. The Labute approximate surface area is 101 Å². The summed E-state index contributed by atoms with van der Waals surface area (Å²) in [6.07, 6.45) is 1.75. The van der Waals surface area contributed by atoms with Crippen LogP contribution in [0, 0.1) is 5.82 Å². The van der Waals surface area contributed by atoms with Gasteiger partial charge in [-0.05, 0) is 37.6 Å². The Hall–Kier alpha value is -0.860. The number of hydrogen-bond donors (Lipinski definition) is 1. The normalized spacial score (nSPS) is 12.5. The van der Waals surface area contributed by atoms with Crippen molar-refractivity contribution in [3.63, 3.8) is 0 Å². The van der Waals surface area contributed by atoms with Gasteiger partial charge in [-0.25, -0.2) is 4.39 Å². The van der Waals surface area contributed by atoms with Crippen molar-refractivity contribution in [3.05, 3.63) is 46.8 Å². The van der Waals surface area contributed by atoms with Gasteiger partial charge in [0.15, 0.2) is 0 Å². The summed E-state index contributed by atoms with van der Waals surface area (Å²) in [5, 5.41) is 3.32. The van der Waals surface area contributed by atoms with E-state index in [2.05, 4.69) is 18.8 Å². The lowest BCUT2D eigenvalue weighted by atomic mass is 9.98. The van der Waals surface area contributed by atoms with E-state index in [1.807, 2.05) is 13.1 Å². The second-order valence-corrected chi connectivity index (χ2v) is 4.23. The molecule has 3 heteroatoms. The van der Waals surface area contributed by atoms with Crippen LogP contribution >= 0.6 is 11.6 Å². The van der Waals surface area contributed by atoms with Gasteiger partial charge in [0.25, 0.3) is 0 Å². The van der Waals surface area contributed by atoms with E-state index in [1.165, 1.54) is 6.07 Å². The van der Waals surface area contributed by atoms with Crippen LogP contribution in [-0.2, 0) is 0 Å². The van der Waals surface area contributed by atoms with Crippen LogP contribution in [0.15, 0.2) is 30.4 Å². The first kappa shape index (κ1) is 13.2. The average molecular weight is 242 g/mol. The smallest absolute Gasteiger partial charge is 0.142 e. The molecule has 0 amide bonds. The van der Waals surface area contributed by atoms with E-state index in [-0.39, 0.29) is 16.9 Å². The Morgan fingerprint density at radius 1 is 1.56 bits per heavy atom. The summed E-state index contributed by atoms with van der Waals surface area (Å²) < 4.78 is 13.3. The summed E-state index contributed by atoms with van der Waals surface area (Å²) in [6.45, 7) is 6.03. The van der Waals surface area contributed by atoms with Crippen molar-refractivity contribution in [2.45, 2.75) is 25.8 Å². The van der Waals surface area contributed by atoms with Gasteiger partial charge in [0, 0.05) is 6.04 Å². The predicted octanol–water partition coefficient (Wildman–Crippen LogP) is 4.10. The Morgan fingerprint density at radius 2 is 2.25 bits per heavy atom. The molecule has 0 aliphatic heterocycles. The molecule has 0 radical (unpaired) electrons. The third-order valence-electron chi connectivity index (χ3n) is 2.69. The number of halogens is 2. The lowest BCUT2D eigenvalue weighted by Gasteiger charge is -2.17. The molecular weight excluding hydrogens is 225 g/mol. The largest absolute Gasteiger partial charge is 0.313 e. The molecule has 1 rings (SSSR count). The minimum Gasteiger partial charge on any atom is -0.313 e. The van der Waals surface area contributed by atoms with Gasteiger partial charge < -0.3 is 5.32 Å². The number of nitrogens with one attached hydrogen (secondary N) is 1. The molecule has 88 valence electrons. The Balaban J connectivity index is 2.86. The standard InChI is InChI=1S/C13H17ClFN/c1-4-9(2)7-13(16-3)10-5-6-11(14)12(15)8-10/h5-6,8,13,16H,2,4,7H2,1,3H3. The molecule has 0 aromatic heterocycles. The van der Waals surface area contributed by atoms with E-state index >= 15 is 0 Å². The second kappa shape index (κ2) is 6.02. The highest BCUT2D eigenvalue weighted by molar-refractivity contribution is 6.30. The van der Waals surface area contributed by atoms with Gasteiger partial charge in [0.2, 0.25) is 0 Å². The van der Waals surface area contributed by atoms with Gasteiger partial charge >= 0.3 is 0 Å². The van der Waals surface area contributed by atoms with Crippen LogP contribution in [0.25, 0.3) is 0 Å². The van der Waals surface area contributed by atoms with Crippen LogP contribution in [0.3, 0.4) is 0 Å². The monoisotopic (exact) mass is 241 g/mol. The van der Waals surface area contributed by atoms with Crippen molar-refractivity contribution in [3.8, 4) is 0 Å². The van der Waals surface area contributed by atoms with Crippen molar-refractivity contribution in [1.29, 1.82) is 0 Å². The first-order valence-electron chi connectivity index (χ1n) is 5.37. The molecule has 1 atom stereocenters. The highest BCUT2D eigenvalue weighted by Gasteiger charge is 2.12. The number of hydrogen-bond acceptors (Lipinski definition) is 1. The van der Waals surface area contributed by atoms with Crippen molar-refractivity contribution in [2.75, 3.05) is 7.05 Å². The summed E-state index contributed by atoms with van der Waals surface area (Å²) in [4.78, 5) is 0. The summed E-state index contributed by atoms with van der Waals surface area (Å²) >= 11 is 5.65. The predicted molar refractivity (Wildman–Crippen MR) is 67.3 cm³/mol. The van der Waals surface area contributed by atoms with Gasteiger partial charge in [-0.3, -0.25) is 0 Å². The molecule has 0 saturated heterocycles. The minimum absolute atomic E-state index is 0.0965. The van der Waals surface area contributed by atoms with Gasteiger partial charge in [-0.2, -0.15) is 0 Å². The van der Waals surface area contributed by atoms with Crippen molar-refractivity contribution < 1.29 is 4.39 Å². The molecule has 16 heavy (non-hydrogen) atoms. The lowest BCUT2D eigenvalue weighted by Crippen LogP contribution is -2.17. The van der Waals surface area contributed by atoms with Crippen LogP contribution in [0.1, 0.15) is 31.4 Å². The molecular formula is C13H17ClFN. The maximum atomic E-state index is 13.3. The van der Waals surface area contributed by atoms with Gasteiger partial charge in [-0.1, -0.05) is 36.7 Å². The van der Waals surface area contributed by atoms with Crippen molar-refractivity contribution >= 4 is 11.6 Å². The summed E-state index contributed by atoms with van der Waals surface area (Å²) in [5.74, 6) is -0.374. The topological polar surface area (TPSA) is 12.0 Å². The molecule has 1 N–H and O–H groups in total. The third kappa shape index (κ3) is 3.32. The fraction of sp³-hybridized carbons (Fsp3) is 0.385. The minimum atomic E-state index is -0.374. The summed E-state index contributed by atoms with van der Waals surface area (Å²) in [7, 11) is 1.86. The molecule has 0 spiro atoms. The quantitative estimate of drug-likeness (QED) is 0.766. The zero-order valence-corrected chi connectivity index (χ0v) is 10.4. The summed E-state index contributed by atoms with van der Waals surface area (Å²) in [5.41, 5.74) is 2.05. The van der Waals surface area contributed by atoms with Gasteiger partial charge in [0.05, 0.1) is 5.02 Å². The number of benzene rings is 1. The van der Waals surface area contributed by atoms with Crippen LogP contribution in [0.4, 0.5) is 4.39 Å². The molecule has 0 aliphatic rings. The van der Waals surface area contributed by atoms with Crippen LogP contribution < -0.4 is 5.32 Å². The molecule has 0 aliphatic carbocycles. The van der Waals surface area contributed by atoms with Crippen LogP contribution in [-0.4, -0.2) is 7.05 Å². The summed E-state index contributed by atoms with van der Waals surface area (Å²) in [6, 6.07) is 5.01.